The van der Waals surface area contributed by atoms with Crippen molar-refractivity contribution in [2.45, 2.75) is 19.3 Å². The fraction of sp³-hybridized carbons (Fsp3) is 0.611. The maximum absolute atomic E-state index is 12.1. The lowest BCUT2D eigenvalue weighted by Gasteiger charge is -2.36. The zero-order valence-electron chi connectivity index (χ0n) is 14.3. The number of nitrogens with zero attached hydrogens (tertiary/aromatic N) is 1. The third-order valence-corrected chi connectivity index (χ3v) is 5.02. The summed E-state index contributed by atoms with van der Waals surface area (Å²) < 4.78 is 16.8. The molecule has 0 aliphatic carbocycles. The highest BCUT2D eigenvalue weighted by atomic mass is 16.5. The molecule has 132 valence electrons. The molecule has 1 aromatic carbocycles. The van der Waals surface area contributed by atoms with Crippen LogP contribution in [0.25, 0.3) is 0 Å². The van der Waals surface area contributed by atoms with Gasteiger partial charge in [-0.25, -0.2) is 0 Å². The number of aliphatic carboxylic acids is 1. The monoisotopic (exact) mass is 335 g/mol. The van der Waals surface area contributed by atoms with Gasteiger partial charge in [0, 0.05) is 37.7 Å². The van der Waals surface area contributed by atoms with Crippen LogP contribution in [-0.2, 0) is 9.53 Å². The summed E-state index contributed by atoms with van der Waals surface area (Å²) in [4.78, 5) is 14.2. The van der Waals surface area contributed by atoms with Crippen molar-refractivity contribution in [1.82, 2.24) is 4.90 Å². The molecular weight excluding hydrogens is 310 g/mol. The second-order valence-electron chi connectivity index (χ2n) is 6.53. The fourth-order valence-corrected chi connectivity index (χ4v) is 3.76. The number of carbonyl (C=O) groups is 1. The lowest BCUT2D eigenvalue weighted by molar-refractivity contribution is -0.152. The minimum absolute atomic E-state index is 0.0972. The Morgan fingerprint density at radius 2 is 2.29 bits per heavy atom. The van der Waals surface area contributed by atoms with Crippen LogP contribution < -0.4 is 9.47 Å². The predicted molar refractivity (Wildman–Crippen MR) is 88.8 cm³/mol. The van der Waals surface area contributed by atoms with E-state index in [-0.39, 0.29) is 12.5 Å². The van der Waals surface area contributed by atoms with Gasteiger partial charge in [0.25, 0.3) is 0 Å². The number of carboxylic acids is 1. The van der Waals surface area contributed by atoms with Crippen molar-refractivity contribution in [3.05, 3.63) is 23.8 Å². The van der Waals surface area contributed by atoms with Crippen molar-refractivity contribution in [1.29, 1.82) is 0 Å². The maximum atomic E-state index is 12.1. The molecule has 0 saturated carbocycles. The maximum Gasteiger partial charge on any atom is 0.315 e. The Labute approximate surface area is 142 Å². The van der Waals surface area contributed by atoms with Crippen LogP contribution in [-0.4, -0.2) is 62.5 Å². The third-order valence-electron chi connectivity index (χ3n) is 5.02. The molecule has 1 saturated heterocycles. The molecule has 1 fully saturated rings. The van der Waals surface area contributed by atoms with E-state index in [1.54, 1.807) is 7.11 Å². The molecule has 0 unspecified atom stereocenters. The first-order valence-electron chi connectivity index (χ1n) is 8.45. The Bertz CT molecular complexity index is 605. The van der Waals surface area contributed by atoms with Gasteiger partial charge in [0.2, 0.25) is 0 Å². The van der Waals surface area contributed by atoms with Crippen molar-refractivity contribution in [2.75, 3.05) is 46.6 Å². The van der Waals surface area contributed by atoms with E-state index < -0.39 is 11.4 Å². The first-order valence-corrected chi connectivity index (χ1v) is 8.45. The summed E-state index contributed by atoms with van der Waals surface area (Å²) in [5.41, 5.74) is 0.0318. The Morgan fingerprint density at radius 1 is 1.46 bits per heavy atom. The highest BCUT2D eigenvalue weighted by Crippen LogP contribution is 2.52. The Morgan fingerprint density at radius 3 is 3.00 bits per heavy atom. The molecule has 24 heavy (non-hydrogen) atoms. The first kappa shape index (κ1) is 17.0. The normalized spacial score (nSPS) is 25.7. The molecule has 1 N–H and O–H groups in total. The van der Waals surface area contributed by atoms with Crippen molar-refractivity contribution >= 4 is 5.97 Å². The minimum Gasteiger partial charge on any atom is -0.493 e. The molecule has 6 heteroatoms. The number of benzene rings is 1. The van der Waals surface area contributed by atoms with E-state index in [9.17, 15) is 9.90 Å². The highest BCUT2D eigenvalue weighted by Gasteiger charge is 2.56. The molecular formula is C18H25NO5. The van der Waals surface area contributed by atoms with Crippen molar-refractivity contribution in [2.24, 2.45) is 5.41 Å². The number of rotatable bonds is 7. The lowest BCUT2D eigenvalue weighted by atomic mass is 9.73. The van der Waals surface area contributed by atoms with Crippen LogP contribution in [0.4, 0.5) is 0 Å². The average Bonchev–Trinajstić information content (AvgIpc) is 2.98. The third kappa shape index (κ3) is 2.84. The summed E-state index contributed by atoms with van der Waals surface area (Å²) in [5.74, 6) is 0.458. The molecule has 6 nitrogen and oxygen atoms in total. The number of methoxy groups -OCH3 is 1. The molecule has 2 atom stereocenters. The van der Waals surface area contributed by atoms with Crippen LogP contribution in [0, 0.1) is 5.41 Å². The molecule has 0 aromatic heterocycles. The second kappa shape index (κ2) is 6.99. The number of para-hydroxylation sites is 1. The Kier molecular flexibility index (Phi) is 4.96. The Balaban J connectivity index is 1.83. The van der Waals surface area contributed by atoms with Gasteiger partial charge in [-0.05, 0) is 12.5 Å². The van der Waals surface area contributed by atoms with Gasteiger partial charge in [-0.15, -0.1) is 0 Å². The largest absolute Gasteiger partial charge is 0.493 e. The number of hydrogen-bond donors (Lipinski definition) is 1. The summed E-state index contributed by atoms with van der Waals surface area (Å²) >= 11 is 0. The smallest absolute Gasteiger partial charge is 0.315 e. The first-order chi connectivity index (χ1) is 11.6. The van der Waals surface area contributed by atoms with Crippen LogP contribution in [0.15, 0.2) is 18.2 Å². The van der Waals surface area contributed by atoms with E-state index in [2.05, 4.69) is 11.8 Å². The summed E-state index contributed by atoms with van der Waals surface area (Å²) in [5, 5.41) is 9.91. The van der Waals surface area contributed by atoms with Gasteiger partial charge >= 0.3 is 5.97 Å². The van der Waals surface area contributed by atoms with Crippen LogP contribution >= 0.6 is 0 Å². The molecule has 2 aliphatic heterocycles. The predicted octanol–water partition coefficient (Wildman–Crippen LogP) is 1.98. The van der Waals surface area contributed by atoms with Crippen LogP contribution in [0.5, 0.6) is 11.5 Å². The summed E-state index contributed by atoms with van der Waals surface area (Å²) in [6, 6.07) is 5.69. The number of carboxylic acid groups (broad SMARTS) is 1. The van der Waals surface area contributed by atoms with E-state index in [0.29, 0.717) is 31.2 Å². The van der Waals surface area contributed by atoms with Gasteiger partial charge < -0.3 is 19.3 Å². The van der Waals surface area contributed by atoms with Gasteiger partial charge in [0.1, 0.15) is 12.0 Å². The number of likely N-dealkylation sites (tertiary alicyclic amines) is 1. The zero-order valence-corrected chi connectivity index (χ0v) is 14.3. The van der Waals surface area contributed by atoms with Crippen LogP contribution in [0.1, 0.15) is 24.8 Å². The standard InChI is InChI=1S/C18H25NO5/c1-3-8-23-9-7-19-10-14-13-5-4-6-15(22-2)16(13)24-12-18(14,11-19)17(20)21/h4-6,14H,3,7-12H2,1-2H3,(H,20,21)/t14-,18-/m0/s1. The van der Waals surface area contributed by atoms with Crippen molar-refractivity contribution in [3.8, 4) is 11.5 Å². The van der Waals surface area contributed by atoms with E-state index in [1.807, 2.05) is 18.2 Å². The molecule has 0 spiro atoms. The van der Waals surface area contributed by atoms with Gasteiger partial charge in [-0.1, -0.05) is 19.1 Å². The summed E-state index contributed by atoms with van der Waals surface area (Å²) in [7, 11) is 1.60. The molecule has 1 aromatic rings. The molecule has 0 amide bonds. The quantitative estimate of drug-likeness (QED) is 0.769. The summed E-state index contributed by atoms with van der Waals surface area (Å²) in [6.07, 6.45) is 0.989. The zero-order chi connectivity index (χ0) is 17.2. The Hall–Kier alpha value is -1.79. The minimum atomic E-state index is -0.899. The van der Waals surface area contributed by atoms with Crippen LogP contribution in [0.3, 0.4) is 0 Å². The van der Waals surface area contributed by atoms with Crippen molar-refractivity contribution in [3.63, 3.8) is 0 Å². The van der Waals surface area contributed by atoms with Gasteiger partial charge in [-0.3, -0.25) is 9.69 Å². The molecule has 2 heterocycles. The van der Waals surface area contributed by atoms with E-state index >= 15 is 0 Å². The van der Waals surface area contributed by atoms with E-state index in [4.69, 9.17) is 14.2 Å². The molecule has 0 bridgehead atoms. The number of fused-ring (bicyclic) bond motifs is 3. The topological polar surface area (TPSA) is 68.2 Å². The van der Waals surface area contributed by atoms with Crippen LogP contribution in [0.2, 0.25) is 0 Å². The lowest BCUT2D eigenvalue weighted by Crippen LogP contribution is -2.45. The molecule has 3 rings (SSSR count). The van der Waals surface area contributed by atoms with Gasteiger partial charge in [0.05, 0.1) is 13.7 Å². The fourth-order valence-electron chi connectivity index (χ4n) is 3.76. The van der Waals surface area contributed by atoms with Gasteiger partial charge in [0.15, 0.2) is 11.5 Å². The van der Waals surface area contributed by atoms with Gasteiger partial charge in [-0.2, -0.15) is 0 Å². The number of hydrogen-bond acceptors (Lipinski definition) is 5. The van der Waals surface area contributed by atoms with Crippen molar-refractivity contribution < 1.29 is 24.1 Å². The van der Waals surface area contributed by atoms with E-state index in [0.717, 1.165) is 25.1 Å². The second-order valence-corrected chi connectivity index (χ2v) is 6.53. The molecule has 2 aliphatic rings. The number of ether oxygens (including phenoxy) is 3. The van der Waals surface area contributed by atoms with E-state index in [1.165, 1.54) is 0 Å². The highest BCUT2D eigenvalue weighted by molar-refractivity contribution is 5.78. The summed E-state index contributed by atoms with van der Waals surface area (Å²) in [6.45, 7) is 5.54. The molecule has 0 radical (unpaired) electrons. The SMILES string of the molecule is CCCOCCN1C[C@H]2c3cccc(OC)c3OC[C@@]2(C(=O)O)C1. The average molecular weight is 335 g/mol.